The van der Waals surface area contributed by atoms with Crippen molar-refractivity contribution in [3.8, 4) is 0 Å². The van der Waals surface area contributed by atoms with Crippen LogP contribution in [0.5, 0.6) is 0 Å². The molecule has 0 saturated heterocycles. The van der Waals surface area contributed by atoms with Gasteiger partial charge in [0.15, 0.2) is 0 Å². The predicted molar refractivity (Wildman–Crippen MR) is 48.9 cm³/mol. The molecular formula is C10H10F3NO. The molecule has 0 heterocycles. The molecule has 0 aromatic heterocycles. The number of halogens is 3. The van der Waals surface area contributed by atoms with Gasteiger partial charge in [0.05, 0.1) is 0 Å². The smallest absolute Gasteiger partial charge is 0.369 e. The van der Waals surface area contributed by atoms with Crippen LogP contribution in [0.2, 0.25) is 0 Å². The lowest BCUT2D eigenvalue weighted by Crippen LogP contribution is -2.37. The van der Waals surface area contributed by atoms with Crippen molar-refractivity contribution in [3.63, 3.8) is 0 Å². The number of carbonyl (C=O) groups excluding carboxylic acids is 1. The van der Waals surface area contributed by atoms with Gasteiger partial charge in [0.1, 0.15) is 5.92 Å². The highest BCUT2D eigenvalue weighted by atomic mass is 19.4. The molecule has 15 heavy (non-hydrogen) atoms. The van der Waals surface area contributed by atoms with E-state index in [0.717, 1.165) is 0 Å². The molecule has 0 aliphatic carbocycles. The molecule has 1 aromatic carbocycles. The predicted octanol–water partition coefficient (Wildman–Crippen LogP) is 1.89. The molecule has 2 N–H and O–H groups in total. The summed E-state index contributed by atoms with van der Waals surface area (Å²) in [5.74, 6) is -3.45. The second-order valence-electron chi connectivity index (χ2n) is 3.19. The van der Waals surface area contributed by atoms with Gasteiger partial charge >= 0.3 is 6.18 Å². The van der Waals surface area contributed by atoms with Gasteiger partial charge in [0, 0.05) is 0 Å². The SMILES string of the molecule is NC(=O)C(Cc1ccccc1)C(F)(F)F. The molecule has 2 nitrogen and oxygen atoms in total. The van der Waals surface area contributed by atoms with Gasteiger partial charge in [-0.05, 0) is 12.0 Å². The van der Waals surface area contributed by atoms with E-state index < -0.39 is 24.4 Å². The number of benzene rings is 1. The molecule has 0 bridgehead atoms. The molecule has 1 aromatic rings. The van der Waals surface area contributed by atoms with Gasteiger partial charge in [0.25, 0.3) is 0 Å². The Bertz CT molecular complexity index is 334. The zero-order valence-corrected chi connectivity index (χ0v) is 7.79. The van der Waals surface area contributed by atoms with Gasteiger partial charge in [-0.3, -0.25) is 4.79 Å². The van der Waals surface area contributed by atoms with E-state index in [1.54, 1.807) is 18.2 Å². The standard InChI is InChI=1S/C10H10F3NO/c11-10(12,13)8(9(14)15)6-7-4-2-1-3-5-7/h1-5,8H,6H2,(H2,14,15). The monoisotopic (exact) mass is 217 g/mol. The highest BCUT2D eigenvalue weighted by molar-refractivity contribution is 5.77. The van der Waals surface area contributed by atoms with Gasteiger partial charge in [-0.1, -0.05) is 30.3 Å². The minimum absolute atomic E-state index is 0.403. The van der Waals surface area contributed by atoms with Crippen LogP contribution < -0.4 is 5.73 Å². The number of nitrogens with two attached hydrogens (primary N) is 1. The maximum absolute atomic E-state index is 12.4. The first-order chi connectivity index (χ1) is 6.91. The third kappa shape index (κ3) is 3.27. The van der Waals surface area contributed by atoms with Crippen LogP contribution in [0.3, 0.4) is 0 Å². The lowest BCUT2D eigenvalue weighted by Gasteiger charge is -2.16. The zero-order valence-electron chi connectivity index (χ0n) is 7.79. The van der Waals surface area contributed by atoms with Crippen molar-refractivity contribution in [2.24, 2.45) is 11.7 Å². The molecule has 1 rings (SSSR count). The number of hydrogen-bond donors (Lipinski definition) is 1. The Morgan fingerprint density at radius 2 is 1.80 bits per heavy atom. The summed E-state index contributed by atoms with van der Waals surface area (Å²) in [5.41, 5.74) is 5.15. The Kier molecular flexibility index (Phi) is 3.34. The van der Waals surface area contributed by atoms with Gasteiger partial charge in [0.2, 0.25) is 5.91 Å². The minimum atomic E-state index is -4.58. The Balaban J connectivity index is 2.82. The van der Waals surface area contributed by atoms with Crippen molar-refractivity contribution in [2.45, 2.75) is 12.6 Å². The molecule has 0 spiro atoms. The fourth-order valence-electron chi connectivity index (χ4n) is 1.23. The summed E-state index contributed by atoms with van der Waals surface area (Å²) in [6.45, 7) is 0. The third-order valence-electron chi connectivity index (χ3n) is 2.02. The quantitative estimate of drug-likeness (QED) is 0.825. The molecule has 0 saturated carbocycles. The Morgan fingerprint density at radius 1 is 1.27 bits per heavy atom. The fourth-order valence-corrected chi connectivity index (χ4v) is 1.23. The highest BCUT2D eigenvalue weighted by Gasteiger charge is 2.43. The Hall–Kier alpha value is -1.52. The summed E-state index contributed by atoms with van der Waals surface area (Å²) in [6.07, 6.45) is -4.98. The lowest BCUT2D eigenvalue weighted by molar-refractivity contribution is -0.180. The molecule has 1 amide bonds. The summed E-state index contributed by atoms with van der Waals surface area (Å²) in [5, 5.41) is 0. The largest absolute Gasteiger partial charge is 0.400 e. The normalized spacial score (nSPS) is 13.5. The van der Waals surface area contributed by atoms with E-state index in [1.807, 2.05) is 0 Å². The number of rotatable bonds is 3. The molecule has 1 unspecified atom stereocenters. The second-order valence-corrected chi connectivity index (χ2v) is 3.19. The molecule has 0 fully saturated rings. The lowest BCUT2D eigenvalue weighted by atomic mass is 9.98. The first-order valence-corrected chi connectivity index (χ1v) is 4.31. The average Bonchev–Trinajstić information content (AvgIpc) is 2.13. The molecule has 82 valence electrons. The van der Waals surface area contributed by atoms with Crippen LogP contribution in [0, 0.1) is 5.92 Å². The van der Waals surface area contributed by atoms with E-state index in [0.29, 0.717) is 5.56 Å². The van der Waals surface area contributed by atoms with Crippen molar-refractivity contribution in [3.05, 3.63) is 35.9 Å². The topological polar surface area (TPSA) is 43.1 Å². The number of primary amides is 1. The van der Waals surface area contributed by atoms with Gasteiger partial charge in [-0.2, -0.15) is 13.2 Å². The Labute approximate surface area is 84.9 Å². The number of alkyl halides is 3. The van der Waals surface area contributed by atoms with E-state index in [4.69, 9.17) is 5.73 Å². The fraction of sp³-hybridized carbons (Fsp3) is 0.300. The van der Waals surface area contributed by atoms with Crippen LogP contribution in [0.4, 0.5) is 13.2 Å². The summed E-state index contributed by atoms with van der Waals surface area (Å²) < 4.78 is 37.1. The number of carbonyl (C=O) groups is 1. The minimum Gasteiger partial charge on any atom is -0.369 e. The van der Waals surface area contributed by atoms with Crippen molar-refractivity contribution >= 4 is 5.91 Å². The molecule has 0 aliphatic rings. The van der Waals surface area contributed by atoms with E-state index in [2.05, 4.69) is 0 Å². The number of hydrogen-bond acceptors (Lipinski definition) is 1. The molecule has 0 radical (unpaired) electrons. The summed E-state index contributed by atoms with van der Waals surface area (Å²) in [4.78, 5) is 10.7. The van der Waals surface area contributed by atoms with Crippen LogP contribution in [-0.2, 0) is 11.2 Å². The van der Waals surface area contributed by atoms with Crippen LogP contribution >= 0.6 is 0 Å². The Morgan fingerprint density at radius 3 is 2.20 bits per heavy atom. The summed E-state index contributed by atoms with van der Waals surface area (Å²) in [6, 6.07) is 7.98. The van der Waals surface area contributed by atoms with E-state index in [-0.39, 0.29) is 0 Å². The van der Waals surface area contributed by atoms with Crippen molar-refractivity contribution in [1.29, 1.82) is 0 Å². The third-order valence-corrected chi connectivity index (χ3v) is 2.02. The van der Waals surface area contributed by atoms with E-state index in [1.165, 1.54) is 12.1 Å². The highest BCUT2D eigenvalue weighted by Crippen LogP contribution is 2.28. The van der Waals surface area contributed by atoms with Crippen LogP contribution in [-0.4, -0.2) is 12.1 Å². The van der Waals surface area contributed by atoms with Crippen LogP contribution in [0.15, 0.2) is 30.3 Å². The maximum atomic E-state index is 12.4. The molecule has 5 heteroatoms. The summed E-state index contributed by atoms with van der Waals surface area (Å²) in [7, 11) is 0. The van der Waals surface area contributed by atoms with Crippen molar-refractivity contribution in [2.75, 3.05) is 0 Å². The molecular weight excluding hydrogens is 207 g/mol. The van der Waals surface area contributed by atoms with E-state index in [9.17, 15) is 18.0 Å². The van der Waals surface area contributed by atoms with Gasteiger partial charge in [-0.15, -0.1) is 0 Å². The van der Waals surface area contributed by atoms with Crippen LogP contribution in [0.25, 0.3) is 0 Å². The molecule has 1 atom stereocenters. The number of amides is 1. The first-order valence-electron chi connectivity index (χ1n) is 4.31. The van der Waals surface area contributed by atoms with Gasteiger partial charge < -0.3 is 5.73 Å². The van der Waals surface area contributed by atoms with Crippen molar-refractivity contribution in [1.82, 2.24) is 0 Å². The van der Waals surface area contributed by atoms with Crippen LogP contribution in [0.1, 0.15) is 5.56 Å². The first kappa shape index (κ1) is 11.6. The second kappa shape index (κ2) is 4.33. The van der Waals surface area contributed by atoms with Gasteiger partial charge in [-0.25, -0.2) is 0 Å². The zero-order chi connectivity index (χ0) is 11.5. The van der Waals surface area contributed by atoms with E-state index >= 15 is 0 Å². The summed E-state index contributed by atoms with van der Waals surface area (Å²) >= 11 is 0. The molecule has 0 aliphatic heterocycles. The average molecular weight is 217 g/mol. The van der Waals surface area contributed by atoms with Crippen molar-refractivity contribution < 1.29 is 18.0 Å². The maximum Gasteiger partial charge on any atom is 0.400 e.